The molecule has 3 aliphatic rings. The van der Waals surface area contributed by atoms with E-state index in [4.69, 9.17) is 0 Å². The van der Waals surface area contributed by atoms with Gasteiger partial charge >= 0.3 is 6.03 Å². The Balaban J connectivity index is 1.42. The van der Waals surface area contributed by atoms with E-state index in [2.05, 4.69) is 10.6 Å². The second-order valence-corrected chi connectivity index (χ2v) is 7.18. The van der Waals surface area contributed by atoms with Crippen molar-refractivity contribution in [3.63, 3.8) is 0 Å². The Labute approximate surface area is 140 Å². The number of carbonyl (C=O) groups is 3. The molecular formula is C18H21N3O3. The van der Waals surface area contributed by atoms with Crippen molar-refractivity contribution in [2.24, 2.45) is 5.92 Å². The molecule has 1 aromatic rings. The molecule has 4 rings (SSSR count). The third-order valence-corrected chi connectivity index (χ3v) is 5.38. The minimum atomic E-state index is -0.842. The van der Waals surface area contributed by atoms with E-state index in [1.165, 1.54) is 11.1 Å². The summed E-state index contributed by atoms with van der Waals surface area (Å²) in [4.78, 5) is 37.9. The first-order chi connectivity index (χ1) is 11.5. The van der Waals surface area contributed by atoms with Gasteiger partial charge in [0.1, 0.15) is 12.1 Å². The first-order valence-corrected chi connectivity index (χ1v) is 8.53. The van der Waals surface area contributed by atoms with Crippen molar-refractivity contribution in [3.05, 3.63) is 29.3 Å². The van der Waals surface area contributed by atoms with E-state index in [0.717, 1.165) is 42.7 Å². The van der Waals surface area contributed by atoms with Crippen LogP contribution in [0.3, 0.4) is 0 Å². The van der Waals surface area contributed by atoms with Crippen LogP contribution in [0.1, 0.15) is 37.3 Å². The molecule has 1 unspecified atom stereocenters. The van der Waals surface area contributed by atoms with Gasteiger partial charge in [-0.15, -0.1) is 0 Å². The van der Waals surface area contributed by atoms with Crippen LogP contribution in [0.4, 0.5) is 10.5 Å². The van der Waals surface area contributed by atoms with E-state index >= 15 is 0 Å². The fourth-order valence-corrected chi connectivity index (χ4v) is 3.79. The third kappa shape index (κ3) is 2.46. The van der Waals surface area contributed by atoms with Gasteiger partial charge < -0.3 is 10.6 Å². The molecule has 2 aliphatic carbocycles. The second-order valence-electron chi connectivity index (χ2n) is 7.18. The van der Waals surface area contributed by atoms with E-state index in [1.54, 1.807) is 6.92 Å². The fourth-order valence-electron chi connectivity index (χ4n) is 3.79. The van der Waals surface area contributed by atoms with Crippen LogP contribution in [0.15, 0.2) is 18.2 Å². The minimum Gasteiger partial charge on any atom is -0.325 e. The Morgan fingerprint density at radius 1 is 1.29 bits per heavy atom. The largest absolute Gasteiger partial charge is 0.325 e. The lowest BCUT2D eigenvalue weighted by molar-refractivity contribution is -0.134. The van der Waals surface area contributed by atoms with Crippen LogP contribution in [0.2, 0.25) is 0 Å². The molecule has 0 aromatic heterocycles. The summed E-state index contributed by atoms with van der Waals surface area (Å²) < 4.78 is 0. The highest BCUT2D eigenvalue weighted by Crippen LogP contribution is 2.42. The average molecular weight is 327 g/mol. The quantitative estimate of drug-likeness (QED) is 0.828. The molecule has 1 saturated carbocycles. The number of urea groups is 1. The van der Waals surface area contributed by atoms with Crippen molar-refractivity contribution >= 4 is 23.5 Å². The number of hydrogen-bond donors (Lipinski definition) is 2. The molecule has 2 N–H and O–H groups in total. The van der Waals surface area contributed by atoms with Crippen molar-refractivity contribution in [2.75, 3.05) is 11.9 Å². The Morgan fingerprint density at radius 3 is 2.79 bits per heavy atom. The zero-order chi connectivity index (χ0) is 16.9. The van der Waals surface area contributed by atoms with Crippen molar-refractivity contribution in [1.82, 2.24) is 10.2 Å². The smallest absolute Gasteiger partial charge is 0.325 e. The highest BCUT2D eigenvalue weighted by Gasteiger charge is 2.56. The second kappa shape index (κ2) is 5.33. The summed E-state index contributed by atoms with van der Waals surface area (Å²) in [5, 5.41) is 5.55. The number of hydrogen-bond acceptors (Lipinski definition) is 3. The van der Waals surface area contributed by atoms with Crippen LogP contribution in [0.25, 0.3) is 0 Å². The van der Waals surface area contributed by atoms with Gasteiger partial charge in [-0.2, -0.15) is 0 Å². The number of fused-ring (bicyclic) bond motifs is 1. The maximum Gasteiger partial charge on any atom is 0.325 e. The molecule has 1 aromatic carbocycles. The van der Waals surface area contributed by atoms with Gasteiger partial charge in [0.05, 0.1) is 0 Å². The normalized spacial score (nSPS) is 25.6. The highest BCUT2D eigenvalue weighted by atomic mass is 16.2. The van der Waals surface area contributed by atoms with Gasteiger partial charge in [0, 0.05) is 5.69 Å². The van der Waals surface area contributed by atoms with Crippen molar-refractivity contribution in [2.45, 2.75) is 44.6 Å². The number of nitrogens with one attached hydrogen (secondary N) is 2. The maximum atomic E-state index is 12.5. The molecule has 1 aliphatic heterocycles. The van der Waals surface area contributed by atoms with Crippen molar-refractivity contribution in [1.29, 1.82) is 0 Å². The molecule has 0 spiro atoms. The average Bonchev–Trinajstić information content (AvgIpc) is 3.26. The summed E-state index contributed by atoms with van der Waals surface area (Å²) in [5.74, 6) is -0.450. The topological polar surface area (TPSA) is 78.5 Å². The van der Waals surface area contributed by atoms with Gasteiger partial charge in [0.2, 0.25) is 5.91 Å². The van der Waals surface area contributed by atoms with E-state index in [-0.39, 0.29) is 24.3 Å². The van der Waals surface area contributed by atoms with Crippen molar-refractivity contribution in [3.8, 4) is 0 Å². The van der Waals surface area contributed by atoms with Gasteiger partial charge in [-0.05, 0) is 68.2 Å². The molecular weight excluding hydrogens is 306 g/mol. The van der Waals surface area contributed by atoms with Crippen molar-refractivity contribution < 1.29 is 14.4 Å². The van der Waals surface area contributed by atoms with Crippen LogP contribution >= 0.6 is 0 Å². The van der Waals surface area contributed by atoms with Crippen LogP contribution < -0.4 is 10.6 Å². The van der Waals surface area contributed by atoms with Crippen LogP contribution in [-0.2, 0) is 22.4 Å². The standard InChI is InChI=1S/C18H21N3O3/c1-18(13-6-7-13)16(23)21(17(24)20-18)10-15(22)19-14-8-5-11-3-2-4-12(11)9-14/h5,8-9,13H,2-4,6-7,10H2,1H3,(H,19,22)(H,20,24). The number of anilines is 1. The Hall–Kier alpha value is -2.37. The molecule has 1 heterocycles. The zero-order valence-corrected chi connectivity index (χ0v) is 13.7. The number of nitrogens with zero attached hydrogens (tertiary/aromatic N) is 1. The monoisotopic (exact) mass is 327 g/mol. The van der Waals surface area contributed by atoms with Crippen LogP contribution in [-0.4, -0.2) is 34.8 Å². The highest BCUT2D eigenvalue weighted by molar-refractivity contribution is 6.10. The van der Waals surface area contributed by atoms with E-state index < -0.39 is 11.6 Å². The summed E-state index contributed by atoms with van der Waals surface area (Å²) in [6.45, 7) is 1.51. The number of amides is 4. The maximum absolute atomic E-state index is 12.5. The summed E-state index contributed by atoms with van der Waals surface area (Å²) in [5.41, 5.74) is 2.48. The lowest BCUT2D eigenvalue weighted by Crippen LogP contribution is -2.46. The predicted molar refractivity (Wildman–Crippen MR) is 88.5 cm³/mol. The van der Waals surface area contributed by atoms with Crippen LogP contribution in [0, 0.1) is 5.92 Å². The number of imide groups is 1. The Kier molecular flexibility index (Phi) is 3.37. The molecule has 24 heavy (non-hydrogen) atoms. The van der Waals surface area contributed by atoms with E-state index in [1.807, 2.05) is 18.2 Å². The zero-order valence-electron chi connectivity index (χ0n) is 13.7. The van der Waals surface area contributed by atoms with Gasteiger partial charge in [-0.1, -0.05) is 6.07 Å². The fraction of sp³-hybridized carbons (Fsp3) is 0.500. The minimum absolute atomic E-state index is 0.193. The molecule has 6 heteroatoms. The summed E-state index contributed by atoms with van der Waals surface area (Å²) in [7, 11) is 0. The van der Waals surface area contributed by atoms with E-state index in [0.29, 0.717) is 0 Å². The molecule has 4 amide bonds. The molecule has 126 valence electrons. The lowest BCUT2D eigenvalue weighted by atomic mass is 9.96. The molecule has 1 saturated heterocycles. The van der Waals surface area contributed by atoms with Gasteiger partial charge in [-0.3, -0.25) is 14.5 Å². The summed E-state index contributed by atoms with van der Waals surface area (Å²) in [6, 6.07) is 5.43. The van der Waals surface area contributed by atoms with E-state index in [9.17, 15) is 14.4 Å². The molecule has 0 bridgehead atoms. The van der Waals surface area contributed by atoms with Gasteiger partial charge in [0.15, 0.2) is 0 Å². The summed E-state index contributed by atoms with van der Waals surface area (Å²) in [6.07, 6.45) is 5.15. The first-order valence-electron chi connectivity index (χ1n) is 8.53. The molecule has 2 fully saturated rings. The molecule has 0 radical (unpaired) electrons. The number of benzene rings is 1. The number of carbonyl (C=O) groups excluding carboxylic acids is 3. The predicted octanol–water partition coefficient (Wildman–Crippen LogP) is 1.83. The first kappa shape index (κ1) is 15.2. The van der Waals surface area contributed by atoms with Gasteiger partial charge in [0.25, 0.3) is 5.91 Å². The number of aryl methyl sites for hydroxylation is 2. The third-order valence-electron chi connectivity index (χ3n) is 5.38. The molecule has 1 atom stereocenters. The summed E-state index contributed by atoms with van der Waals surface area (Å²) >= 11 is 0. The SMILES string of the molecule is CC1(C2CC2)NC(=O)N(CC(=O)Nc2ccc3c(c2)CCC3)C1=O. The Morgan fingerprint density at radius 2 is 2.04 bits per heavy atom. The number of rotatable bonds is 4. The lowest BCUT2D eigenvalue weighted by Gasteiger charge is -2.20. The molecule has 6 nitrogen and oxygen atoms in total. The Bertz CT molecular complexity index is 741. The van der Waals surface area contributed by atoms with Gasteiger partial charge in [-0.25, -0.2) is 4.79 Å². The van der Waals surface area contributed by atoms with Crippen LogP contribution in [0.5, 0.6) is 0 Å².